The smallest absolute Gasteiger partial charge is 0.258 e. The first-order valence-electron chi connectivity index (χ1n) is 4.57. The van der Waals surface area contributed by atoms with Crippen LogP contribution in [0.15, 0.2) is 18.2 Å². The number of nitro benzene ring substituents is 1. The van der Waals surface area contributed by atoms with E-state index >= 15 is 0 Å². The Morgan fingerprint density at radius 2 is 2.21 bits per heavy atom. The summed E-state index contributed by atoms with van der Waals surface area (Å²) in [6.45, 7) is 0. The van der Waals surface area contributed by atoms with Crippen molar-refractivity contribution in [2.75, 3.05) is 0 Å². The molecule has 0 aliphatic heterocycles. The highest BCUT2D eigenvalue weighted by atomic mass is 35.5. The molecule has 4 heteroatoms. The second-order valence-electron chi connectivity index (χ2n) is 3.55. The van der Waals surface area contributed by atoms with E-state index in [1.54, 1.807) is 12.1 Å². The van der Waals surface area contributed by atoms with Gasteiger partial charge in [-0.25, -0.2) is 0 Å². The van der Waals surface area contributed by atoms with Crippen molar-refractivity contribution >= 4 is 17.3 Å². The number of fused-ring (bicyclic) bond motifs is 1. The fraction of sp³-hybridized carbons (Fsp3) is 0.400. The molecule has 0 fully saturated rings. The van der Waals surface area contributed by atoms with Crippen molar-refractivity contribution < 1.29 is 4.92 Å². The molecule has 0 unspecified atom stereocenters. The van der Waals surface area contributed by atoms with E-state index in [1.807, 2.05) is 6.07 Å². The van der Waals surface area contributed by atoms with Crippen molar-refractivity contribution in [2.24, 2.45) is 0 Å². The molecule has 1 aromatic rings. The zero-order valence-corrected chi connectivity index (χ0v) is 8.33. The first-order chi connectivity index (χ1) is 6.66. The van der Waals surface area contributed by atoms with E-state index in [-0.39, 0.29) is 16.0 Å². The molecule has 0 saturated carbocycles. The third-order valence-corrected chi connectivity index (χ3v) is 2.94. The summed E-state index contributed by atoms with van der Waals surface area (Å²) >= 11 is 6.01. The van der Waals surface area contributed by atoms with Gasteiger partial charge < -0.3 is 0 Å². The molecule has 2 rings (SSSR count). The summed E-state index contributed by atoms with van der Waals surface area (Å²) in [5.74, 6) is 0. The van der Waals surface area contributed by atoms with Gasteiger partial charge in [-0.15, -0.1) is 11.6 Å². The SMILES string of the molecule is O=[N+]([O-])c1ccc2c(c1)C[C@@H](Cl)CC2. The van der Waals surface area contributed by atoms with Crippen LogP contribution >= 0.6 is 11.6 Å². The maximum Gasteiger partial charge on any atom is 0.269 e. The maximum atomic E-state index is 10.5. The summed E-state index contributed by atoms with van der Waals surface area (Å²) in [4.78, 5) is 10.2. The van der Waals surface area contributed by atoms with Crippen LogP contribution in [0.2, 0.25) is 0 Å². The number of halogens is 1. The lowest BCUT2D eigenvalue weighted by Gasteiger charge is -2.19. The predicted octanol–water partition coefficient (Wildman–Crippen LogP) is 2.69. The van der Waals surface area contributed by atoms with Gasteiger partial charge in [0.25, 0.3) is 5.69 Å². The summed E-state index contributed by atoms with van der Waals surface area (Å²) < 4.78 is 0. The molecule has 1 aliphatic carbocycles. The number of hydrogen-bond donors (Lipinski definition) is 0. The number of rotatable bonds is 1. The molecule has 0 N–H and O–H groups in total. The van der Waals surface area contributed by atoms with Crippen LogP contribution < -0.4 is 0 Å². The number of nitrogens with zero attached hydrogens (tertiary/aromatic N) is 1. The molecule has 3 nitrogen and oxygen atoms in total. The summed E-state index contributed by atoms with van der Waals surface area (Å²) in [5, 5.41) is 10.7. The van der Waals surface area contributed by atoms with Crippen LogP contribution in [0, 0.1) is 10.1 Å². The van der Waals surface area contributed by atoms with Gasteiger partial charge in [0.05, 0.1) is 4.92 Å². The van der Waals surface area contributed by atoms with Crippen LogP contribution in [0.1, 0.15) is 17.5 Å². The van der Waals surface area contributed by atoms with Crippen LogP contribution in [-0.4, -0.2) is 10.3 Å². The Bertz CT molecular complexity index is 378. The maximum absolute atomic E-state index is 10.5. The third kappa shape index (κ3) is 1.73. The van der Waals surface area contributed by atoms with Crippen LogP contribution in [0.25, 0.3) is 0 Å². The Morgan fingerprint density at radius 1 is 1.43 bits per heavy atom. The summed E-state index contributed by atoms with van der Waals surface area (Å²) in [5.41, 5.74) is 2.40. The summed E-state index contributed by atoms with van der Waals surface area (Å²) in [7, 11) is 0. The summed E-state index contributed by atoms with van der Waals surface area (Å²) in [6, 6.07) is 5.05. The van der Waals surface area contributed by atoms with E-state index < -0.39 is 0 Å². The van der Waals surface area contributed by atoms with Crippen molar-refractivity contribution in [2.45, 2.75) is 24.6 Å². The fourth-order valence-corrected chi connectivity index (χ4v) is 2.09. The number of benzene rings is 1. The van der Waals surface area contributed by atoms with E-state index in [1.165, 1.54) is 5.56 Å². The summed E-state index contributed by atoms with van der Waals surface area (Å²) in [6.07, 6.45) is 2.65. The number of hydrogen-bond acceptors (Lipinski definition) is 2. The first-order valence-corrected chi connectivity index (χ1v) is 5.01. The topological polar surface area (TPSA) is 43.1 Å². The fourth-order valence-electron chi connectivity index (χ4n) is 1.81. The largest absolute Gasteiger partial charge is 0.269 e. The molecule has 1 aliphatic rings. The second-order valence-corrected chi connectivity index (χ2v) is 4.17. The second kappa shape index (κ2) is 3.58. The minimum Gasteiger partial charge on any atom is -0.258 e. The third-order valence-electron chi connectivity index (χ3n) is 2.57. The Kier molecular flexibility index (Phi) is 2.42. The van der Waals surface area contributed by atoms with Crippen molar-refractivity contribution in [3.05, 3.63) is 39.4 Å². The standard InChI is InChI=1S/C10H10ClNO2/c11-9-3-1-7-2-4-10(12(13)14)6-8(7)5-9/h2,4,6,9H,1,3,5H2/t9-/m0/s1. The van der Waals surface area contributed by atoms with Gasteiger partial charge in [0, 0.05) is 17.5 Å². The number of non-ortho nitro benzene ring substituents is 1. The van der Waals surface area contributed by atoms with E-state index in [0.29, 0.717) is 0 Å². The normalized spacial score (nSPS) is 20.2. The van der Waals surface area contributed by atoms with E-state index in [4.69, 9.17) is 11.6 Å². The molecule has 14 heavy (non-hydrogen) atoms. The van der Waals surface area contributed by atoms with Gasteiger partial charge >= 0.3 is 0 Å². The highest BCUT2D eigenvalue weighted by Gasteiger charge is 2.18. The number of aryl methyl sites for hydroxylation is 1. The zero-order valence-electron chi connectivity index (χ0n) is 7.57. The zero-order chi connectivity index (χ0) is 10.1. The average Bonchev–Trinajstić information content (AvgIpc) is 2.16. The number of alkyl halides is 1. The Balaban J connectivity index is 2.37. The monoisotopic (exact) mass is 211 g/mol. The molecule has 0 aromatic heterocycles. The van der Waals surface area contributed by atoms with Crippen LogP contribution in [0.5, 0.6) is 0 Å². The molecule has 0 radical (unpaired) electrons. The lowest BCUT2D eigenvalue weighted by molar-refractivity contribution is -0.384. The Labute approximate surface area is 86.8 Å². The van der Waals surface area contributed by atoms with Crippen LogP contribution in [0.4, 0.5) is 5.69 Å². The van der Waals surface area contributed by atoms with Gasteiger partial charge in [-0.1, -0.05) is 6.07 Å². The Hall–Kier alpha value is -1.09. The molecular weight excluding hydrogens is 202 g/mol. The van der Waals surface area contributed by atoms with Crippen molar-refractivity contribution in [1.29, 1.82) is 0 Å². The van der Waals surface area contributed by atoms with Crippen LogP contribution in [-0.2, 0) is 12.8 Å². The minimum atomic E-state index is -0.363. The molecule has 0 heterocycles. The van der Waals surface area contributed by atoms with Crippen molar-refractivity contribution in [1.82, 2.24) is 0 Å². The highest BCUT2D eigenvalue weighted by Crippen LogP contribution is 2.27. The van der Waals surface area contributed by atoms with Gasteiger partial charge in [0.15, 0.2) is 0 Å². The molecule has 0 bridgehead atoms. The van der Waals surface area contributed by atoms with E-state index in [2.05, 4.69) is 0 Å². The molecule has 1 atom stereocenters. The van der Waals surface area contributed by atoms with Crippen molar-refractivity contribution in [3.63, 3.8) is 0 Å². The number of nitro groups is 1. The van der Waals surface area contributed by atoms with Crippen molar-refractivity contribution in [3.8, 4) is 0 Å². The lowest BCUT2D eigenvalue weighted by atomic mass is 9.91. The van der Waals surface area contributed by atoms with Gasteiger partial charge in [-0.05, 0) is 30.4 Å². The molecule has 1 aromatic carbocycles. The van der Waals surface area contributed by atoms with Crippen LogP contribution in [0.3, 0.4) is 0 Å². The first kappa shape index (κ1) is 9.46. The van der Waals surface area contributed by atoms with Gasteiger partial charge in [-0.2, -0.15) is 0 Å². The highest BCUT2D eigenvalue weighted by molar-refractivity contribution is 6.20. The molecule has 0 spiro atoms. The quantitative estimate of drug-likeness (QED) is 0.407. The average molecular weight is 212 g/mol. The minimum absolute atomic E-state index is 0.129. The van der Waals surface area contributed by atoms with E-state index in [0.717, 1.165) is 24.8 Å². The lowest BCUT2D eigenvalue weighted by Crippen LogP contribution is -2.13. The predicted molar refractivity (Wildman–Crippen MR) is 54.8 cm³/mol. The van der Waals surface area contributed by atoms with Gasteiger partial charge in [0.2, 0.25) is 0 Å². The van der Waals surface area contributed by atoms with Gasteiger partial charge in [-0.3, -0.25) is 10.1 Å². The molecular formula is C10H10ClNO2. The molecule has 74 valence electrons. The Morgan fingerprint density at radius 3 is 2.93 bits per heavy atom. The van der Waals surface area contributed by atoms with E-state index in [9.17, 15) is 10.1 Å². The van der Waals surface area contributed by atoms with Gasteiger partial charge in [0.1, 0.15) is 0 Å². The molecule has 0 saturated heterocycles. The molecule has 0 amide bonds.